The van der Waals surface area contributed by atoms with E-state index in [-0.39, 0.29) is 25.4 Å². The molecule has 0 spiro atoms. The standard InChI is InChI=1S/C33H37N3O5/c1-2-10-29(30(37)35-33(31(38)39)17-19-36(20-18-33)21-23-11-4-3-5-12-23)34-32(40)41-22-28-26-15-8-6-13-24(26)25-14-7-9-16-27(25)28/h3-9,11-16,28-29H,2,10,17-22H2,1H3,(H,34,40)(H,35,37)(H,38,39)/t29-/m0/s1. The van der Waals surface area contributed by atoms with Crippen LogP contribution in [0.15, 0.2) is 78.9 Å². The van der Waals surface area contributed by atoms with Crippen LogP contribution in [0.5, 0.6) is 0 Å². The zero-order valence-electron chi connectivity index (χ0n) is 23.3. The van der Waals surface area contributed by atoms with E-state index in [1.54, 1.807) is 0 Å². The lowest BCUT2D eigenvalue weighted by Crippen LogP contribution is -2.63. The van der Waals surface area contributed by atoms with Gasteiger partial charge in [0.15, 0.2) is 0 Å². The molecule has 2 aliphatic rings. The van der Waals surface area contributed by atoms with Crippen molar-refractivity contribution in [1.82, 2.24) is 15.5 Å². The van der Waals surface area contributed by atoms with Gasteiger partial charge in [-0.05, 0) is 47.1 Å². The first-order valence-electron chi connectivity index (χ1n) is 14.3. The smallest absolute Gasteiger partial charge is 0.407 e. The van der Waals surface area contributed by atoms with Gasteiger partial charge in [0.1, 0.15) is 18.2 Å². The molecule has 0 saturated carbocycles. The van der Waals surface area contributed by atoms with E-state index in [9.17, 15) is 19.5 Å². The molecule has 3 aromatic carbocycles. The first-order valence-corrected chi connectivity index (χ1v) is 14.3. The number of carbonyl (C=O) groups excluding carboxylic acids is 2. The number of rotatable bonds is 10. The maximum absolute atomic E-state index is 13.3. The Balaban J connectivity index is 1.19. The highest BCUT2D eigenvalue weighted by Gasteiger charge is 2.44. The van der Waals surface area contributed by atoms with Crippen LogP contribution in [0.3, 0.4) is 0 Å². The molecule has 1 heterocycles. The van der Waals surface area contributed by atoms with Crippen LogP contribution in [-0.4, -0.2) is 59.3 Å². The van der Waals surface area contributed by atoms with E-state index in [0.29, 0.717) is 25.9 Å². The lowest BCUT2D eigenvalue weighted by atomic mass is 9.86. The molecule has 3 aromatic rings. The number of carboxylic acids is 1. The van der Waals surface area contributed by atoms with E-state index in [0.717, 1.165) is 34.4 Å². The largest absolute Gasteiger partial charge is 0.480 e. The molecule has 0 aromatic heterocycles. The van der Waals surface area contributed by atoms with Crippen LogP contribution in [0.1, 0.15) is 55.2 Å². The summed E-state index contributed by atoms with van der Waals surface area (Å²) < 4.78 is 5.65. The minimum atomic E-state index is -1.38. The monoisotopic (exact) mass is 555 g/mol. The number of nitrogens with zero attached hydrogens (tertiary/aromatic N) is 1. The summed E-state index contributed by atoms with van der Waals surface area (Å²) in [6.45, 7) is 3.86. The predicted molar refractivity (Wildman–Crippen MR) is 156 cm³/mol. The highest BCUT2D eigenvalue weighted by molar-refractivity contribution is 5.91. The van der Waals surface area contributed by atoms with Crippen molar-refractivity contribution in [2.75, 3.05) is 19.7 Å². The van der Waals surface area contributed by atoms with Crippen molar-refractivity contribution in [3.8, 4) is 11.1 Å². The maximum atomic E-state index is 13.3. The van der Waals surface area contributed by atoms with Gasteiger partial charge in [-0.25, -0.2) is 9.59 Å². The van der Waals surface area contributed by atoms with E-state index in [1.807, 2.05) is 73.7 Å². The van der Waals surface area contributed by atoms with Crippen LogP contribution in [-0.2, 0) is 20.9 Å². The van der Waals surface area contributed by atoms with Crippen LogP contribution in [0, 0.1) is 0 Å². The number of fused-ring (bicyclic) bond motifs is 3. The van der Waals surface area contributed by atoms with Crippen molar-refractivity contribution >= 4 is 18.0 Å². The Kier molecular flexibility index (Phi) is 8.69. The molecule has 0 unspecified atom stereocenters. The summed E-state index contributed by atoms with van der Waals surface area (Å²) in [7, 11) is 0. The number of likely N-dealkylation sites (tertiary alicyclic amines) is 1. The Morgan fingerprint density at radius 3 is 2.10 bits per heavy atom. The zero-order chi connectivity index (χ0) is 28.8. The van der Waals surface area contributed by atoms with E-state index < -0.39 is 29.6 Å². The van der Waals surface area contributed by atoms with Gasteiger partial charge in [0, 0.05) is 25.6 Å². The van der Waals surface area contributed by atoms with Crippen molar-refractivity contribution in [2.45, 2.75) is 56.7 Å². The number of carboxylic acid groups (broad SMARTS) is 1. The number of nitrogens with one attached hydrogen (secondary N) is 2. The predicted octanol–water partition coefficient (Wildman–Crippen LogP) is 4.93. The Hall–Kier alpha value is -4.17. The second-order valence-corrected chi connectivity index (χ2v) is 10.9. The van der Waals surface area contributed by atoms with Gasteiger partial charge in [-0.2, -0.15) is 0 Å². The maximum Gasteiger partial charge on any atom is 0.407 e. The Morgan fingerprint density at radius 2 is 1.51 bits per heavy atom. The number of carbonyl (C=O) groups is 3. The molecule has 0 radical (unpaired) electrons. The summed E-state index contributed by atoms with van der Waals surface area (Å²) in [6.07, 6.45) is 0.871. The van der Waals surface area contributed by atoms with Crippen LogP contribution in [0.25, 0.3) is 11.1 Å². The fourth-order valence-electron chi connectivity index (χ4n) is 5.99. The summed E-state index contributed by atoms with van der Waals surface area (Å²) in [4.78, 5) is 40.8. The molecule has 0 bridgehead atoms. The summed E-state index contributed by atoms with van der Waals surface area (Å²) in [5, 5.41) is 15.6. The molecule has 2 amide bonds. The molecule has 8 heteroatoms. The topological polar surface area (TPSA) is 108 Å². The molecule has 41 heavy (non-hydrogen) atoms. The molecule has 1 aliphatic carbocycles. The third kappa shape index (κ3) is 6.28. The summed E-state index contributed by atoms with van der Waals surface area (Å²) in [5.41, 5.74) is 4.26. The van der Waals surface area contributed by atoms with Gasteiger partial charge in [0.2, 0.25) is 5.91 Å². The van der Waals surface area contributed by atoms with E-state index in [2.05, 4.69) is 27.7 Å². The number of piperidine rings is 1. The molecule has 1 aliphatic heterocycles. The molecule has 8 nitrogen and oxygen atoms in total. The molecule has 214 valence electrons. The van der Waals surface area contributed by atoms with Gasteiger partial charge in [-0.15, -0.1) is 0 Å². The van der Waals surface area contributed by atoms with Gasteiger partial charge in [0.25, 0.3) is 0 Å². The second kappa shape index (κ2) is 12.6. The van der Waals surface area contributed by atoms with Crippen LogP contribution < -0.4 is 10.6 Å². The molecule has 1 atom stereocenters. The average molecular weight is 556 g/mol. The number of ether oxygens (including phenoxy) is 1. The Morgan fingerprint density at radius 1 is 0.927 bits per heavy atom. The molecule has 1 fully saturated rings. The second-order valence-electron chi connectivity index (χ2n) is 10.9. The fraction of sp³-hybridized carbons (Fsp3) is 0.364. The molecule has 5 rings (SSSR count). The number of benzene rings is 3. The van der Waals surface area contributed by atoms with Crippen molar-refractivity contribution in [1.29, 1.82) is 0 Å². The highest BCUT2D eigenvalue weighted by atomic mass is 16.5. The van der Waals surface area contributed by atoms with Crippen LogP contribution in [0.4, 0.5) is 4.79 Å². The minimum Gasteiger partial charge on any atom is -0.480 e. The van der Waals surface area contributed by atoms with Gasteiger partial charge in [0.05, 0.1) is 0 Å². The minimum absolute atomic E-state index is 0.0945. The summed E-state index contributed by atoms with van der Waals surface area (Å²) in [5.74, 6) is -1.65. The third-order valence-corrected chi connectivity index (χ3v) is 8.26. The molecule has 3 N–H and O–H groups in total. The average Bonchev–Trinajstić information content (AvgIpc) is 3.31. The highest BCUT2D eigenvalue weighted by Crippen LogP contribution is 2.44. The van der Waals surface area contributed by atoms with Crippen molar-refractivity contribution < 1.29 is 24.2 Å². The lowest BCUT2D eigenvalue weighted by Gasteiger charge is -2.40. The number of hydrogen-bond donors (Lipinski definition) is 3. The summed E-state index contributed by atoms with van der Waals surface area (Å²) >= 11 is 0. The summed E-state index contributed by atoms with van der Waals surface area (Å²) in [6, 6.07) is 25.3. The number of aliphatic carboxylic acids is 1. The lowest BCUT2D eigenvalue weighted by molar-refractivity contribution is -0.150. The van der Waals surface area contributed by atoms with E-state index >= 15 is 0 Å². The SMILES string of the molecule is CCC[C@H](NC(=O)OCC1c2ccccc2-c2ccccc21)C(=O)NC1(C(=O)O)CCN(Cc2ccccc2)CC1. The van der Waals surface area contributed by atoms with Gasteiger partial charge in [-0.3, -0.25) is 9.69 Å². The van der Waals surface area contributed by atoms with E-state index in [1.165, 1.54) is 0 Å². The molecular formula is C33H37N3O5. The zero-order valence-corrected chi connectivity index (χ0v) is 23.3. The molecule has 1 saturated heterocycles. The van der Waals surface area contributed by atoms with Gasteiger partial charge >= 0.3 is 12.1 Å². The number of amides is 2. The fourth-order valence-corrected chi connectivity index (χ4v) is 5.99. The quantitative estimate of drug-likeness (QED) is 0.328. The van der Waals surface area contributed by atoms with Crippen molar-refractivity contribution in [3.63, 3.8) is 0 Å². The van der Waals surface area contributed by atoms with Crippen LogP contribution >= 0.6 is 0 Å². The first-order chi connectivity index (χ1) is 19.9. The molecular weight excluding hydrogens is 518 g/mol. The van der Waals surface area contributed by atoms with Gasteiger partial charge in [-0.1, -0.05) is 92.2 Å². The van der Waals surface area contributed by atoms with Crippen molar-refractivity contribution in [2.24, 2.45) is 0 Å². The van der Waals surface area contributed by atoms with E-state index in [4.69, 9.17) is 4.74 Å². The number of hydrogen-bond acceptors (Lipinski definition) is 5. The van der Waals surface area contributed by atoms with Gasteiger partial charge < -0.3 is 20.5 Å². The van der Waals surface area contributed by atoms with Crippen LogP contribution in [0.2, 0.25) is 0 Å². The normalized spacial score (nSPS) is 16.7. The first kappa shape index (κ1) is 28.4. The number of alkyl carbamates (subject to hydrolysis) is 1. The Bertz CT molecular complexity index is 1340. The third-order valence-electron chi connectivity index (χ3n) is 8.26. The Labute approximate surface area is 240 Å². The van der Waals surface area contributed by atoms with Crippen molar-refractivity contribution in [3.05, 3.63) is 95.6 Å².